The molecule has 27 heavy (non-hydrogen) atoms. The molecule has 5 fully saturated rings. The lowest BCUT2D eigenvalue weighted by Crippen LogP contribution is -2.54. The van der Waals surface area contributed by atoms with Crippen LogP contribution in [0.25, 0.3) is 0 Å². The Morgan fingerprint density at radius 1 is 1.00 bits per heavy atom. The molecule has 0 spiro atoms. The molecule has 5 nitrogen and oxygen atoms in total. The summed E-state index contributed by atoms with van der Waals surface area (Å²) in [6, 6.07) is 0.372. The molecule has 0 aliphatic heterocycles. The molecule has 2 atom stereocenters. The number of rotatable bonds is 3. The molecule has 0 saturated heterocycles. The van der Waals surface area contributed by atoms with Crippen LogP contribution in [0.15, 0.2) is 0 Å². The van der Waals surface area contributed by atoms with Crippen LogP contribution in [-0.4, -0.2) is 35.7 Å². The zero-order chi connectivity index (χ0) is 19.8. The molecular formula is C19H29F3N2O3. The Morgan fingerprint density at radius 2 is 1.48 bits per heavy atom. The number of carboxylic acids is 1. The second-order valence-electron chi connectivity index (χ2n) is 9.15. The molecule has 1 amide bonds. The number of aliphatic carboxylic acids is 1. The zero-order valence-corrected chi connectivity index (χ0v) is 15.4. The minimum atomic E-state index is -5.08. The monoisotopic (exact) mass is 390 g/mol. The van der Waals surface area contributed by atoms with Crippen LogP contribution in [0.5, 0.6) is 0 Å². The van der Waals surface area contributed by atoms with Crippen LogP contribution in [0.3, 0.4) is 0 Å². The Kier molecular flexibility index (Phi) is 5.75. The van der Waals surface area contributed by atoms with Gasteiger partial charge in [-0.05, 0) is 81.5 Å². The van der Waals surface area contributed by atoms with Gasteiger partial charge in [0.15, 0.2) is 0 Å². The number of halogens is 3. The molecule has 154 valence electrons. The largest absolute Gasteiger partial charge is 0.490 e. The van der Waals surface area contributed by atoms with E-state index in [1.165, 1.54) is 44.9 Å². The van der Waals surface area contributed by atoms with E-state index in [0.717, 1.165) is 37.1 Å². The third-order valence-electron chi connectivity index (χ3n) is 6.90. The van der Waals surface area contributed by atoms with Crippen molar-refractivity contribution in [2.45, 2.75) is 70.0 Å². The summed E-state index contributed by atoms with van der Waals surface area (Å²) in [4.78, 5) is 21.7. The highest BCUT2D eigenvalue weighted by Crippen LogP contribution is 2.60. The summed E-state index contributed by atoms with van der Waals surface area (Å²) in [5.41, 5.74) is 5.99. The van der Waals surface area contributed by atoms with Crippen LogP contribution in [0.4, 0.5) is 13.2 Å². The minimum absolute atomic E-state index is 0.0233. The zero-order valence-electron chi connectivity index (χ0n) is 15.4. The molecule has 5 aliphatic carbocycles. The molecule has 5 aliphatic rings. The number of nitrogens with two attached hydrogens (primary N) is 1. The Balaban J connectivity index is 0.000000260. The summed E-state index contributed by atoms with van der Waals surface area (Å²) in [7, 11) is 0. The van der Waals surface area contributed by atoms with Gasteiger partial charge in [0.25, 0.3) is 0 Å². The third kappa shape index (κ3) is 4.76. The third-order valence-corrected chi connectivity index (χ3v) is 6.90. The van der Waals surface area contributed by atoms with Gasteiger partial charge < -0.3 is 16.2 Å². The highest BCUT2D eigenvalue weighted by Gasteiger charge is 2.54. The van der Waals surface area contributed by atoms with Crippen molar-refractivity contribution < 1.29 is 27.9 Å². The Labute approximate surface area is 157 Å². The maximum absolute atomic E-state index is 12.8. The molecule has 4 bridgehead atoms. The topological polar surface area (TPSA) is 92.4 Å². The number of amides is 1. The van der Waals surface area contributed by atoms with Crippen LogP contribution in [0.1, 0.15) is 57.8 Å². The summed E-state index contributed by atoms with van der Waals surface area (Å²) in [5.74, 6) is 0.818. The highest BCUT2D eigenvalue weighted by atomic mass is 19.4. The first-order chi connectivity index (χ1) is 12.6. The van der Waals surface area contributed by atoms with Crippen LogP contribution < -0.4 is 11.1 Å². The lowest BCUT2D eigenvalue weighted by molar-refractivity contribution is -0.192. The average molecular weight is 390 g/mol. The Morgan fingerprint density at radius 3 is 1.85 bits per heavy atom. The first-order valence-electron chi connectivity index (χ1n) is 9.91. The van der Waals surface area contributed by atoms with E-state index in [1.54, 1.807) is 0 Å². The molecule has 0 aromatic carbocycles. The number of alkyl halides is 3. The molecule has 0 aromatic heterocycles. The molecule has 0 aromatic rings. The second kappa shape index (κ2) is 7.60. The second-order valence-corrected chi connectivity index (χ2v) is 9.15. The lowest BCUT2D eigenvalue weighted by Gasteiger charge is -2.55. The Bertz CT molecular complexity index is 544. The van der Waals surface area contributed by atoms with Crippen molar-refractivity contribution >= 4 is 11.9 Å². The van der Waals surface area contributed by atoms with E-state index in [-0.39, 0.29) is 5.41 Å². The van der Waals surface area contributed by atoms with E-state index in [4.69, 9.17) is 15.6 Å². The molecule has 0 heterocycles. The van der Waals surface area contributed by atoms with Crippen molar-refractivity contribution in [1.82, 2.24) is 5.32 Å². The predicted molar refractivity (Wildman–Crippen MR) is 92.6 cm³/mol. The van der Waals surface area contributed by atoms with Crippen molar-refractivity contribution in [3.8, 4) is 0 Å². The van der Waals surface area contributed by atoms with Gasteiger partial charge in [0, 0.05) is 18.0 Å². The van der Waals surface area contributed by atoms with Gasteiger partial charge in [0.05, 0.1) is 0 Å². The van der Waals surface area contributed by atoms with Gasteiger partial charge >= 0.3 is 12.1 Å². The molecule has 5 saturated carbocycles. The van der Waals surface area contributed by atoms with Crippen LogP contribution >= 0.6 is 0 Å². The fraction of sp³-hybridized carbons (Fsp3) is 0.895. The number of hydrogen-bond acceptors (Lipinski definition) is 3. The van der Waals surface area contributed by atoms with Gasteiger partial charge in [0.1, 0.15) is 0 Å². The van der Waals surface area contributed by atoms with Crippen LogP contribution in [0.2, 0.25) is 0 Å². The van der Waals surface area contributed by atoms with Gasteiger partial charge in [-0.2, -0.15) is 13.2 Å². The maximum atomic E-state index is 12.8. The fourth-order valence-corrected chi connectivity index (χ4v) is 6.11. The number of carboxylic acid groups (broad SMARTS) is 1. The summed E-state index contributed by atoms with van der Waals surface area (Å²) in [6.07, 6.45) is 6.10. The number of carbonyl (C=O) groups is 2. The number of nitrogens with one attached hydrogen (secondary N) is 1. The molecular weight excluding hydrogens is 361 g/mol. The van der Waals surface area contributed by atoms with E-state index in [2.05, 4.69) is 5.32 Å². The first kappa shape index (κ1) is 20.4. The normalized spacial score (nSPS) is 39.6. The summed E-state index contributed by atoms with van der Waals surface area (Å²) >= 11 is 0. The van der Waals surface area contributed by atoms with Crippen LogP contribution in [0, 0.1) is 29.1 Å². The maximum Gasteiger partial charge on any atom is 0.490 e. The molecule has 5 rings (SSSR count). The van der Waals surface area contributed by atoms with Gasteiger partial charge in [-0.25, -0.2) is 4.79 Å². The van der Waals surface area contributed by atoms with E-state index in [1.807, 2.05) is 0 Å². The van der Waals surface area contributed by atoms with E-state index < -0.39 is 12.1 Å². The average Bonchev–Trinajstić information content (AvgIpc) is 2.96. The van der Waals surface area contributed by atoms with Gasteiger partial charge in [-0.15, -0.1) is 0 Å². The van der Waals surface area contributed by atoms with Gasteiger partial charge in [0.2, 0.25) is 5.91 Å². The minimum Gasteiger partial charge on any atom is -0.475 e. The van der Waals surface area contributed by atoms with E-state index in [9.17, 15) is 18.0 Å². The summed E-state index contributed by atoms with van der Waals surface area (Å²) in [6.45, 7) is 0.869. The highest BCUT2D eigenvalue weighted by molar-refractivity contribution is 5.83. The number of hydrogen-bond donors (Lipinski definition) is 3. The van der Waals surface area contributed by atoms with E-state index >= 15 is 0 Å². The summed E-state index contributed by atoms with van der Waals surface area (Å²) < 4.78 is 31.7. The fourth-order valence-electron chi connectivity index (χ4n) is 6.11. The lowest BCUT2D eigenvalue weighted by atomic mass is 9.49. The van der Waals surface area contributed by atoms with Crippen molar-refractivity contribution in [3.63, 3.8) is 0 Å². The standard InChI is InChI=1S/C17H28N2O.C2HF3O2/c18-15-2-1-11(6-15)10-19-16(20)17-7-12-3-13(8-17)5-14(4-12)9-17;3-2(4,5)1(6)7/h11-15H,1-10,18H2,(H,19,20);(H,6,7)/t11-,12?,13?,14?,15+,17?;/m0./s1. The predicted octanol–water partition coefficient (Wildman–Crippen LogP) is 3.08. The number of carbonyl (C=O) groups excluding carboxylic acids is 1. The van der Waals surface area contributed by atoms with Crippen LogP contribution in [-0.2, 0) is 9.59 Å². The van der Waals surface area contributed by atoms with Crippen molar-refractivity contribution in [3.05, 3.63) is 0 Å². The first-order valence-corrected chi connectivity index (χ1v) is 9.91. The summed E-state index contributed by atoms with van der Waals surface area (Å²) in [5, 5.41) is 10.4. The molecule has 8 heteroatoms. The quantitative estimate of drug-likeness (QED) is 0.691. The van der Waals surface area contributed by atoms with Crippen molar-refractivity contribution in [2.75, 3.05) is 6.54 Å². The SMILES string of the molecule is N[C@@H]1CC[C@H](CNC(=O)C23CC4CC(CC(C4)C2)C3)C1.O=C(O)C(F)(F)F. The molecule has 0 unspecified atom stereocenters. The van der Waals surface area contributed by atoms with E-state index in [0.29, 0.717) is 17.9 Å². The Hall–Kier alpha value is -1.31. The molecule has 4 N–H and O–H groups in total. The smallest absolute Gasteiger partial charge is 0.475 e. The molecule has 0 radical (unpaired) electrons. The van der Waals surface area contributed by atoms with Crippen molar-refractivity contribution in [1.29, 1.82) is 0 Å². The van der Waals surface area contributed by atoms with Gasteiger partial charge in [-0.3, -0.25) is 4.79 Å². The van der Waals surface area contributed by atoms with Gasteiger partial charge in [-0.1, -0.05) is 0 Å². The van der Waals surface area contributed by atoms with Crippen molar-refractivity contribution in [2.24, 2.45) is 34.8 Å².